The molecule has 2 heteroatoms. The fourth-order valence-corrected chi connectivity index (χ4v) is 6.15. The highest BCUT2D eigenvalue weighted by molar-refractivity contribution is 6.14. The Hall–Kier alpha value is -5.60. The van der Waals surface area contributed by atoms with Crippen molar-refractivity contribution in [1.82, 2.24) is 0 Å². The first-order chi connectivity index (χ1) is 20.8. The maximum absolute atomic E-state index is 6.34. The van der Waals surface area contributed by atoms with E-state index in [-0.39, 0.29) is 0 Å². The highest BCUT2D eigenvalue weighted by Gasteiger charge is 2.22. The van der Waals surface area contributed by atoms with Gasteiger partial charge in [-0.2, -0.15) is 0 Å². The number of fused-ring (bicyclic) bond motifs is 4. The number of hydrogen-bond acceptors (Lipinski definition) is 2. The molecule has 0 unspecified atom stereocenters. The quantitative estimate of drug-likeness (QED) is 0.217. The molecule has 0 bridgehead atoms. The lowest BCUT2D eigenvalue weighted by molar-refractivity contribution is 0.669. The third-order valence-electron chi connectivity index (χ3n) is 8.06. The van der Waals surface area contributed by atoms with Crippen molar-refractivity contribution in [3.63, 3.8) is 0 Å². The summed E-state index contributed by atoms with van der Waals surface area (Å²) in [6.45, 7) is 0. The smallest absolute Gasteiger partial charge is 0.137 e. The molecule has 0 aliphatic rings. The molecule has 0 aliphatic heterocycles. The summed E-state index contributed by atoms with van der Waals surface area (Å²) in [6.07, 6.45) is 0. The Bertz CT molecular complexity index is 2190. The van der Waals surface area contributed by atoms with Crippen molar-refractivity contribution >= 4 is 49.8 Å². The topological polar surface area (TPSA) is 16.4 Å². The van der Waals surface area contributed by atoms with Crippen molar-refractivity contribution in [2.45, 2.75) is 0 Å². The van der Waals surface area contributed by atoms with Crippen LogP contribution in [0.25, 0.3) is 55.0 Å². The van der Waals surface area contributed by atoms with Gasteiger partial charge in [0.15, 0.2) is 0 Å². The molecule has 0 radical (unpaired) electrons. The van der Waals surface area contributed by atoms with Crippen molar-refractivity contribution in [3.8, 4) is 22.3 Å². The molecular weight excluding hydrogens is 510 g/mol. The van der Waals surface area contributed by atoms with Gasteiger partial charge >= 0.3 is 0 Å². The second kappa shape index (κ2) is 10.1. The number of anilines is 3. The minimum Gasteiger partial charge on any atom is -0.456 e. The second-order valence-electron chi connectivity index (χ2n) is 10.5. The molecule has 1 aromatic heterocycles. The van der Waals surface area contributed by atoms with E-state index in [4.69, 9.17) is 4.42 Å². The van der Waals surface area contributed by atoms with Crippen LogP contribution >= 0.6 is 0 Å². The van der Waals surface area contributed by atoms with Gasteiger partial charge in [0.05, 0.1) is 16.8 Å². The Kier molecular flexibility index (Phi) is 5.82. The lowest BCUT2D eigenvalue weighted by Gasteiger charge is -2.29. The van der Waals surface area contributed by atoms with Crippen molar-refractivity contribution in [3.05, 3.63) is 164 Å². The summed E-state index contributed by atoms with van der Waals surface area (Å²) < 4.78 is 6.34. The van der Waals surface area contributed by atoms with Crippen LogP contribution < -0.4 is 4.90 Å². The number of benzene rings is 7. The van der Waals surface area contributed by atoms with E-state index in [1.54, 1.807) is 0 Å². The van der Waals surface area contributed by atoms with Gasteiger partial charge in [-0.25, -0.2) is 0 Å². The normalized spacial score (nSPS) is 11.3. The van der Waals surface area contributed by atoms with E-state index < -0.39 is 0 Å². The van der Waals surface area contributed by atoms with Gasteiger partial charge in [0, 0.05) is 16.6 Å². The number of rotatable bonds is 5. The summed E-state index contributed by atoms with van der Waals surface area (Å²) in [5, 5.41) is 4.69. The van der Waals surface area contributed by atoms with Crippen molar-refractivity contribution in [2.24, 2.45) is 0 Å². The number of nitrogens with zero attached hydrogens (tertiary/aromatic N) is 1. The highest BCUT2D eigenvalue weighted by Crippen LogP contribution is 2.47. The molecule has 8 aromatic rings. The van der Waals surface area contributed by atoms with Crippen LogP contribution in [0.3, 0.4) is 0 Å². The molecule has 0 amide bonds. The first kappa shape index (κ1) is 24.2. The summed E-state index contributed by atoms with van der Waals surface area (Å²) in [5.41, 5.74) is 9.76. The first-order valence-electron chi connectivity index (χ1n) is 14.3. The summed E-state index contributed by atoms with van der Waals surface area (Å²) in [6, 6.07) is 58.0. The van der Waals surface area contributed by atoms with Crippen LogP contribution in [0.4, 0.5) is 17.1 Å². The zero-order valence-corrected chi connectivity index (χ0v) is 22.9. The van der Waals surface area contributed by atoms with E-state index in [9.17, 15) is 0 Å². The van der Waals surface area contributed by atoms with E-state index in [1.807, 2.05) is 12.1 Å². The summed E-state index contributed by atoms with van der Waals surface area (Å²) in [5.74, 6) is 0. The summed E-state index contributed by atoms with van der Waals surface area (Å²) in [7, 11) is 0. The molecule has 0 saturated carbocycles. The van der Waals surface area contributed by atoms with Crippen molar-refractivity contribution in [2.75, 3.05) is 4.90 Å². The average Bonchev–Trinajstić information content (AvgIpc) is 3.45. The highest BCUT2D eigenvalue weighted by atomic mass is 16.3. The number of furan rings is 1. The van der Waals surface area contributed by atoms with E-state index >= 15 is 0 Å². The standard InChI is InChI=1S/C40H27NO/c1-3-13-29(14-4-1)34-26-25-30(33-21-11-16-28-15-7-8-19-32(28)33)27-37(34)41(31-17-5-2-6-18-31)36-22-12-24-39-40(36)35-20-9-10-23-38(35)42-39/h1-27H. The Balaban J connectivity index is 1.46. The molecule has 7 aromatic carbocycles. The molecule has 0 spiro atoms. The SMILES string of the molecule is c1ccc(-c2ccc(-c3cccc4ccccc34)cc2N(c2ccccc2)c2cccc3oc4ccccc4c23)cc1. The zero-order chi connectivity index (χ0) is 27.9. The molecule has 0 N–H and O–H groups in total. The molecule has 1 heterocycles. The minimum absolute atomic E-state index is 0.876. The van der Waals surface area contributed by atoms with Gasteiger partial charge in [-0.05, 0) is 63.9 Å². The fraction of sp³-hybridized carbons (Fsp3) is 0. The molecule has 42 heavy (non-hydrogen) atoms. The molecule has 8 rings (SSSR count). The van der Waals surface area contributed by atoms with Gasteiger partial charge in [0.25, 0.3) is 0 Å². The van der Waals surface area contributed by atoms with Crippen molar-refractivity contribution < 1.29 is 4.42 Å². The lowest BCUT2D eigenvalue weighted by atomic mass is 9.94. The predicted molar refractivity (Wildman–Crippen MR) is 177 cm³/mol. The van der Waals surface area contributed by atoms with Gasteiger partial charge in [0.1, 0.15) is 11.2 Å². The first-order valence-corrected chi connectivity index (χ1v) is 14.3. The maximum atomic E-state index is 6.34. The zero-order valence-electron chi connectivity index (χ0n) is 22.9. The van der Waals surface area contributed by atoms with Gasteiger partial charge in [-0.1, -0.05) is 127 Å². The average molecular weight is 538 g/mol. The minimum atomic E-state index is 0.876. The van der Waals surface area contributed by atoms with Crippen LogP contribution in [-0.2, 0) is 0 Å². The Morgan fingerprint density at radius 3 is 1.93 bits per heavy atom. The number of hydrogen-bond donors (Lipinski definition) is 0. The fourth-order valence-electron chi connectivity index (χ4n) is 6.15. The Morgan fingerprint density at radius 2 is 1.07 bits per heavy atom. The number of para-hydroxylation sites is 2. The largest absolute Gasteiger partial charge is 0.456 e. The van der Waals surface area contributed by atoms with Gasteiger partial charge in [-0.15, -0.1) is 0 Å². The van der Waals surface area contributed by atoms with Crippen LogP contribution in [0.1, 0.15) is 0 Å². The van der Waals surface area contributed by atoms with Gasteiger partial charge < -0.3 is 9.32 Å². The summed E-state index contributed by atoms with van der Waals surface area (Å²) >= 11 is 0. The van der Waals surface area contributed by atoms with Crippen LogP contribution in [0.5, 0.6) is 0 Å². The van der Waals surface area contributed by atoms with Crippen molar-refractivity contribution in [1.29, 1.82) is 0 Å². The molecule has 0 aliphatic carbocycles. The monoisotopic (exact) mass is 537 g/mol. The Morgan fingerprint density at radius 1 is 0.405 bits per heavy atom. The van der Waals surface area contributed by atoms with Crippen LogP contribution in [0.15, 0.2) is 168 Å². The molecule has 198 valence electrons. The van der Waals surface area contributed by atoms with E-state index in [2.05, 4.69) is 157 Å². The molecule has 0 saturated heterocycles. The summed E-state index contributed by atoms with van der Waals surface area (Å²) in [4.78, 5) is 2.39. The second-order valence-corrected chi connectivity index (χ2v) is 10.5. The van der Waals surface area contributed by atoms with E-state index in [0.717, 1.165) is 44.6 Å². The predicted octanol–water partition coefficient (Wildman–Crippen LogP) is 11.5. The van der Waals surface area contributed by atoms with Gasteiger partial charge in [-0.3, -0.25) is 0 Å². The molecule has 0 atom stereocenters. The van der Waals surface area contributed by atoms with Crippen LogP contribution in [0.2, 0.25) is 0 Å². The van der Waals surface area contributed by atoms with E-state index in [1.165, 1.54) is 27.5 Å². The van der Waals surface area contributed by atoms with E-state index in [0.29, 0.717) is 0 Å². The maximum Gasteiger partial charge on any atom is 0.137 e. The molecule has 2 nitrogen and oxygen atoms in total. The third kappa shape index (κ3) is 4.05. The van der Waals surface area contributed by atoms with Gasteiger partial charge in [0.2, 0.25) is 0 Å². The van der Waals surface area contributed by atoms with Crippen LogP contribution in [0, 0.1) is 0 Å². The van der Waals surface area contributed by atoms with Crippen LogP contribution in [-0.4, -0.2) is 0 Å². The molecular formula is C40H27NO. The lowest BCUT2D eigenvalue weighted by Crippen LogP contribution is -2.11. The Labute approximate surface area is 244 Å². The third-order valence-corrected chi connectivity index (χ3v) is 8.06. The molecule has 0 fully saturated rings.